The monoisotopic (exact) mass is 403 g/mol. The molecule has 1 aliphatic rings. The molecule has 0 aliphatic carbocycles. The average molecular weight is 404 g/mol. The molecule has 1 saturated heterocycles. The van der Waals surface area contributed by atoms with E-state index in [1.54, 1.807) is 0 Å². The van der Waals surface area contributed by atoms with Crippen molar-refractivity contribution in [3.63, 3.8) is 0 Å². The van der Waals surface area contributed by atoms with Crippen LogP contribution in [0.15, 0.2) is 48.5 Å². The Balaban J connectivity index is 1.60. The summed E-state index contributed by atoms with van der Waals surface area (Å²) in [6.07, 6.45) is 0. The molecule has 28 heavy (non-hydrogen) atoms. The second kappa shape index (κ2) is 10.4. The lowest BCUT2D eigenvalue weighted by Gasteiger charge is -2.35. The van der Waals surface area contributed by atoms with Crippen LogP contribution in [-0.4, -0.2) is 49.5 Å². The van der Waals surface area contributed by atoms with Crippen molar-refractivity contribution < 1.29 is 13.9 Å². The summed E-state index contributed by atoms with van der Waals surface area (Å²) >= 11 is 5.45. The molecule has 3 rings (SSSR count). The van der Waals surface area contributed by atoms with E-state index in [0.29, 0.717) is 31.5 Å². The lowest BCUT2D eigenvalue weighted by molar-refractivity contribution is 0.0170. The van der Waals surface area contributed by atoms with Gasteiger partial charge >= 0.3 is 0 Å². The summed E-state index contributed by atoms with van der Waals surface area (Å²) in [5.74, 6) is 0.598. The summed E-state index contributed by atoms with van der Waals surface area (Å²) in [6.45, 7) is 6.29. The van der Waals surface area contributed by atoms with Gasteiger partial charge in [-0.2, -0.15) is 0 Å². The third-order valence-corrected chi connectivity index (χ3v) is 4.87. The van der Waals surface area contributed by atoms with Crippen molar-refractivity contribution in [3.05, 3.63) is 59.9 Å². The second-order valence-electron chi connectivity index (χ2n) is 6.51. The first-order chi connectivity index (χ1) is 13.7. The number of nitrogens with one attached hydrogen (secondary N) is 2. The lowest BCUT2D eigenvalue weighted by atomic mass is 10.0. The van der Waals surface area contributed by atoms with Crippen LogP contribution in [0.4, 0.5) is 10.1 Å². The van der Waals surface area contributed by atoms with Crippen LogP contribution >= 0.6 is 12.2 Å². The van der Waals surface area contributed by atoms with Crippen LogP contribution in [0, 0.1) is 5.82 Å². The molecule has 0 radical (unpaired) electrons. The van der Waals surface area contributed by atoms with Gasteiger partial charge < -0.3 is 20.1 Å². The first-order valence-corrected chi connectivity index (χ1v) is 9.91. The maximum Gasteiger partial charge on any atom is 0.170 e. The van der Waals surface area contributed by atoms with Crippen LogP contribution in [-0.2, 0) is 4.74 Å². The average Bonchev–Trinajstić information content (AvgIpc) is 2.72. The topological polar surface area (TPSA) is 45.8 Å². The van der Waals surface area contributed by atoms with Gasteiger partial charge in [-0.05, 0) is 61.1 Å². The van der Waals surface area contributed by atoms with Gasteiger partial charge in [0.25, 0.3) is 0 Å². The largest absolute Gasteiger partial charge is 0.494 e. The minimum absolute atomic E-state index is 0.0876. The molecule has 2 aromatic rings. The van der Waals surface area contributed by atoms with Gasteiger partial charge in [-0.3, -0.25) is 4.90 Å². The van der Waals surface area contributed by atoms with E-state index < -0.39 is 0 Å². The van der Waals surface area contributed by atoms with E-state index in [-0.39, 0.29) is 11.9 Å². The Morgan fingerprint density at radius 1 is 1.14 bits per heavy atom. The second-order valence-corrected chi connectivity index (χ2v) is 6.92. The highest BCUT2D eigenvalue weighted by atomic mass is 32.1. The highest BCUT2D eigenvalue weighted by molar-refractivity contribution is 7.80. The van der Waals surface area contributed by atoms with Crippen molar-refractivity contribution >= 4 is 23.0 Å². The van der Waals surface area contributed by atoms with Gasteiger partial charge in [-0.1, -0.05) is 12.1 Å². The molecule has 0 spiro atoms. The zero-order valence-corrected chi connectivity index (χ0v) is 16.8. The molecular formula is C21H26FN3O2S. The van der Waals surface area contributed by atoms with Crippen molar-refractivity contribution in [2.45, 2.75) is 13.0 Å². The third-order valence-electron chi connectivity index (χ3n) is 4.62. The van der Waals surface area contributed by atoms with Crippen LogP contribution in [0.5, 0.6) is 5.75 Å². The number of benzene rings is 2. The van der Waals surface area contributed by atoms with Crippen LogP contribution in [0.3, 0.4) is 0 Å². The quantitative estimate of drug-likeness (QED) is 0.689. The van der Waals surface area contributed by atoms with E-state index in [9.17, 15) is 4.39 Å². The van der Waals surface area contributed by atoms with E-state index in [2.05, 4.69) is 15.5 Å². The minimum atomic E-state index is -0.231. The Hall–Kier alpha value is -2.22. The van der Waals surface area contributed by atoms with Crippen LogP contribution in [0.25, 0.3) is 0 Å². The maximum atomic E-state index is 13.3. The molecule has 0 aromatic heterocycles. The SMILES string of the molecule is CCOc1ccc(NC(=S)NC[C@H](c2ccc(F)cc2)N2CCOCC2)cc1. The van der Waals surface area contributed by atoms with Crippen molar-refractivity contribution in [3.8, 4) is 5.75 Å². The van der Waals surface area contributed by atoms with E-state index >= 15 is 0 Å². The van der Waals surface area contributed by atoms with Crippen molar-refractivity contribution in [2.75, 3.05) is 44.8 Å². The molecule has 0 unspecified atom stereocenters. The van der Waals surface area contributed by atoms with Crippen LogP contribution in [0.2, 0.25) is 0 Å². The number of nitrogens with zero attached hydrogens (tertiary/aromatic N) is 1. The molecule has 7 heteroatoms. The summed E-state index contributed by atoms with van der Waals surface area (Å²) in [4.78, 5) is 2.34. The van der Waals surface area contributed by atoms with Gasteiger partial charge in [0.05, 0.1) is 25.9 Å². The molecule has 5 nitrogen and oxygen atoms in total. The van der Waals surface area contributed by atoms with Gasteiger partial charge in [0.1, 0.15) is 11.6 Å². The maximum absolute atomic E-state index is 13.3. The fraction of sp³-hybridized carbons (Fsp3) is 0.381. The molecule has 1 fully saturated rings. The Labute approximate surface area is 170 Å². The Morgan fingerprint density at radius 2 is 1.82 bits per heavy atom. The van der Waals surface area contributed by atoms with Gasteiger partial charge in [0.2, 0.25) is 0 Å². The number of hydrogen-bond donors (Lipinski definition) is 2. The van der Waals surface area contributed by atoms with E-state index in [0.717, 1.165) is 30.1 Å². The van der Waals surface area contributed by atoms with E-state index in [4.69, 9.17) is 21.7 Å². The molecule has 2 aromatic carbocycles. The number of rotatable bonds is 7. The summed E-state index contributed by atoms with van der Waals surface area (Å²) < 4.78 is 24.3. The predicted molar refractivity (Wildman–Crippen MR) is 113 cm³/mol. The number of thiocarbonyl (C=S) groups is 1. The number of halogens is 1. The fourth-order valence-corrected chi connectivity index (χ4v) is 3.40. The zero-order valence-electron chi connectivity index (χ0n) is 16.0. The molecule has 1 atom stereocenters. The Morgan fingerprint density at radius 3 is 2.46 bits per heavy atom. The van der Waals surface area contributed by atoms with Gasteiger partial charge in [-0.15, -0.1) is 0 Å². The smallest absolute Gasteiger partial charge is 0.170 e. The number of hydrogen-bond acceptors (Lipinski definition) is 4. The number of anilines is 1. The molecule has 0 saturated carbocycles. The van der Waals surface area contributed by atoms with Gasteiger partial charge in [0, 0.05) is 25.3 Å². The molecule has 2 N–H and O–H groups in total. The Kier molecular flexibility index (Phi) is 7.59. The van der Waals surface area contributed by atoms with Crippen molar-refractivity contribution in [2.24, 2.45) is 0 Å². The predicted octanol–water partition coefficient (Wildman–Crippen LogP) is 3.58. The van der Waals surface area contributed by atoms with Gasteiger partial charge in [-0.25, -0.2) is 4.39 Å². The van der Waals surface area contributed by atoms with E-state index in [1.807, 2.05) is 43.3 Å². The van der Waals surface area contributed by atoms with Gasteiger partial charge in [0.15, 0.2) is 5.11 Å². The summed E-state index contributed by atoms with van der Waals surface area (Å²) in [5, 5.41) is 7.03. The third kappa shape index (κ3) is 5.89. The summed E-state index contributed by atoms with van der Waals surface area (Å²) in [6, 6.07) is 14.4. The zero-order chi connectivity index (χ0) is 19.8. The molecule has 1 heterocycles. The molecule has 0 amide bonds. The molecular weight excluding hydrogens is 377 g/mol. The van der Waals surface area contributed by atoms with Crippen LogP contribution in [0.1, 0.15) is 18.5 Å². The highest BCUT2D eigenvalue weighted by Gasteiger charge is 2.22. The standard InChI is InChI=1S/C21H26FN3O2S/c1-2-27-19-9-7-18(8-10-19)24-21(28)23-15-20(25-11-13-26-14-12-25)16-3-5-17(22)6-4-16/h3-10,20H,2,11-15H2,1H3,(H2,23,24,28)/t20-/m1/s1. The van der Waals surface area contributed by atoms with Crippen LogP contribution < -0.4 is 15.4 Å². The molecule has 1 aliphatic heterocycles. The number of ether oxygens (including phenoxy) is 2. The van der Waals surface area contributed by atoms with Crippen molar-refractivity contribution in [1.29, 1.82) is 0 Å². The summed E-state index contributed by atoms with van der Waals surface area (Å²) in [5.41, 5.74) is 1.95. The first-order valence-electron chi connectivity index (χ1n) is 9.50. The van der Waals surface area contributed by atoms with Crippen molar-refractivity contribution in [1.82, 2.24) is 10.2 Å². The number of morpholine rings is 1. The summed E-state index contributed by atoms with van der Waals surface area (Å²) in [7, 11) is 0. The fourth-order valence-electron chi connectivity index (χ4n) is 3.20. The minimum Gasteiger partial charge on any atom is -0.494 e. The molecule has 0 bridgehead atoms. The normalized spacial score (nSPS) is 15.6. The molecule has 150 valence electrons. The van der Waals surface area contributed by atoms with E-state index in [1.165, 1.54) is 12.1 Å². The highest BCUT2D eigenvalue weighted by Crippen LogP contribution is 2.22. The lowest BCUT2D eigenvalue weighted by Crippen LogP contribution is -2.44. The first kappa shape index (κ1) is 20.5. The Bertz CT molecular complexity index is 749.